The van der Waals surface area contributed by atoms with E-state index in [0.29, 0.717) is 12.3 Å². The first-order chi connectivity index (χ1) is 8.15. The maximum Gasteiger partial charge on any atom is 0.224 e. The Morgan fingerprint density at radius 2 is 2.06 bits per heavy atom. The molecule has 94 valence electrons. The molecule has 0 spiro atoms. The lowest BCUT2D eigenvalue weighted by Gasteiger charge is -2.13. The van der Waals surface area contributed by atoms with Crippen molar-refractivity contribution in [2.45, 2.75) is 33.1 Å². The van der Waals surface area contributed by atoms with E-state index in [1.807, 2.05) is 24.3 Å². The van der Waals surface area contributed by atoms with E-state index in [-0.39, 0.29) is 5.91 Å². The van der Waals surface area contributed by atoms with Gasteiger partial charge in [0.2, 0.25) is 5.91 Å². The fraction of sp³-hybridized carbons (Fsp3) is 0.500. The Balaban J connectivity index is 2.39. The predicted octanol–water partition coefficient (Wildman–Crippen LogP) is 3.54. The molecule has 0 aliphatic rings. The second-order valence-electron chi connectivity index (χ2n) is 4.29. The van der Waals surface area contributed by atoms with Crippen LogP contribution in [-0.4, -0.2) is 12.5 Å². The van der Waals surface area contributed by atoms with E-state index in [9.17, 15) is 4.79 Å². The Morgan fingerprint density at radius 1 is 1.35 bits per heavy atom. The molecule has 0 saturated carbocycles. The molecular formula is C14H20BrNO. The van der Waals surface area contributed by atoms with Crippen LogP contribution < -0.4 is 5.32 Å². The maximum atomic E-state index is 11.7. The third kappa shape index (κ3) is 5.35. The number of rotatable bonds is 6. The normalized spacial score (nSPS) is 10.6. The van der Waals surface area contributed by atoms with E-state index in [1.165, 1.54) is 0 Å². The highest BCUT2D eigenvalue weighted by molar-refractivity contribution is 9.10. The molecular weight excluding hydrogens is 278 g/mol. The molecule has 1 amide bonds. The average molecular weight is 298 g/mol. The Hall–Kier alpha value is -0.830. The Bertz CT molecular complexity index is 361. The fourth-order valence-corrected chi connectivity index (χ4v) is 2.18. The number of benzene rings is 1. The van der Waals surface area contributed by atoms with E-state index < -0.39 is 0 Å². The summed E-state index contributed by atoms with van der Waals surface area (Å²) in [6, 6.07) is 7.87. The van der Waals surface area contributed by atoms with Crippen molar-refractivity contribution in [3.05, 3.63) is 34.3 Å². The average Bonchev–Trinajstić information content (AvgIpc) is 2.30. The van der Waals surface area contributed by atoms with Gasteiger partial charge in [-0.2, -0.15) is 0 Å². The van der Waals surface area contributed by atoms with Crippen molar-refractivity contribution in [2.75, 3.05) is 6.54 Å². The minimum Gasteiger partial charge on any atom is -0.356 e. The molecule has 0 fully saturated rings. The SMILES string of the molecule is CCC(CC)CNC(=O)Cc1cccc(Br)c1. The third-order valence-corrected chi connectivity index (χ3v) is 3.49. The molecule has 0 bridgehead atoms. The van der Waals surface area contributed by atoms with Crippen LogP contribution in [0.2, 0.25) is 0 Å². The van der Waals surface area contributed by atoms with Crippen LogP contribution in [0.5, 0.6) is 0 Å². The van der Waals surface area contributed by atoms with E-state index in [1.54, 1.807) is 0 Å². The van der Waals surface area contributed by atoms with E-state index in [0.717, 1.165) is 29.4 Å². The zero-order chi connectivity index (χ0) is 12.7. The first-order valence-corrected chi connectivity index (χ1v) is 6.96. The topological polar surface area (TPSA) is 29.1 Å². The number of hydrogen-bond acceptors (Lipinski definition) is 1. The van der Waals surface area contributed by atoms with Crippen LogP contribution in [0.4, 0.5) is 0 Å². The molecule has 0 radical (unpaired) electrons. The lowest BCUT2D eigenvalue weighted by atomic mass is 10.0. The lowest BCUT2D eigenvalue weighted by molar-refractivity contribution is -0.120. The number of carbonyl (C=O) groups is 1. The van der Waals surface area contributed by atoms with Crippen molar-refractivity contribution >= 4 is 21.8 Å². The first-order valence-electron chi connectivity index (χ1n) is 6.16. The molecule has 0 saturated heterocycles. The zero-order valence-electron chi connectivity index (χ0n) is 10.5. The smallest absolute Gasteiger partial charge is 0.224 e. The molecule has 0 aliphatic heterocycles. The van der Waals surface area contributed by atoms with Gasteiger partial charge in [0, 0.05) is 11.0 Å². The van der Waals surface area contributed by atoms with Crippen LogP contribution in [-0.2, 0) is 11.2 Å². The summed E-state index contributed by atoms with van der Waals surface area (Å²) in [5, 5.41) is 3.00. The Kier molecular flexibility index (Phi) is 6.27. The minimum atomic E-state index is 0.106. The summed E-state index contributed by atoms with van der Waals surface area (Å²) in [4.78, 5) is 11.7. The fourth-order valence-electron chi connectivity index (χ4n) is 1.73. The second kappa shape index (κ2) is 7.49. The van der Waals surface area contributed by atoms with Crippen LogP contribution in [0.1, 0.15) is 32.3 Å². The maximum absolute atomic E-state index is 11.7. The van der Waals surface area contributed by atoms with Crippen molar-refractivity contribution in [3.8, 4) is 0 Å². The van der Waals surface area contributed by atoms with Gasteiger partial charge in [-0.3, -0.25) is 4.79 Å². The van der Waals surface area contributed by atoms with Crippen LogP contribution >= 0.6 is 15.9 Å². The number of halogens is 1. The molecule has 1 N–H and O–H groups in total. The zero-order valence-corrected chi connectivity index (χ0v) is 12.1. The molecule has 17 heavy (non-hydrogen) atoms. The van der Waals surface area contributed by atoms with Gasteiger partial charge in [0.15, 0.2) is 0 Å². The van der Waals surface area contributed by atoms with Crippen LogP contribution in [0.3, 0.4) is 0 Å². The highest BCUT2D eigenvalue weighted by Gasteiger charge is 2.07. The third-order valence-electron chi connectivity index (χ3n) is 3.00. The Morgan fingerprint density at radius 3 is 2.65 bits per heavy atom. The van der Waals surface area contributed by atoms with Crippen molar-refractivity contribution in [2.24, 2.45) is 5.92 Å². The minimum absolute atomic E-state index is 0.106. The van der Waals surface area contributed by atoms with Gasteiger partial charge in [-0.1, -0.05) is 54.8 Å². The molecule has 0 unspecified atom stereocenters. The summed E-state index contributed by atoms with van der Waals surface area (Å²) in [6.45, 7) is 5.11. The standard InChI is InChI=1S/C14H20BrNO/c1-3-11(4-2)10-16-14(17)9-12-6-5-7-13(15)8-12/h5-8,11H,3-4,9-10H2,1-2H3,(H,16,17). The van der Waals surface area contributed by atoms with Gasteiger partial charge < -0.3 is 5.32 Å². The van der Waals surface area contributed by atoms with E-state index in [4.69, 9.17) is 0 Å². The summed E-state index contributed by atoms with van der Waals surface area (Å²) >= 11 is 3.40. The van der Waals surface area contributed by atoms with Crippen molar-refractivity contribution < 1.29 is 4.79 Å². The quantitative estimate of drug-likeness (QED) is 0.855. The molecule has 3 heteroatoms. The molecule has 0 heterocycles. The molecule has 0 aliphatic carbocycles. The summed E-state index contributed by atoms with van der Waals surface area (Å²) in [5.74, 6) is 0.705. The van der Waals surface area contributed by atoms with Crippen LogP contribution in [0.15, 0.2) is 28.7 Å². The van der Waals surface area contributed by atoms with Crippen molar-refractivity contribution in [3.63, 3.8) is 0 Å². The molecule has 1 rings (SSSR count). The van der Waals surface area contributed by atoms with E-state index in [2.05, 4.69) is 35.1 Å². The van der Waals surface area contributed by atoms with Crippen LogP contribution in [0.25, 0.3) is 0 Å². The van der Waals surface area contributed by atoms with Gasteiger partial charge in [-0.25, -0.2) is 0 Å². The number of hydrogen-bond donors (Lipinski definition) is 1. The Labute approximate surface area is 112 Å². The molecule has 2 nitrogen and oxygen atoms in total. The van der Waals surface area contributed by atoms with Gasteiger partial charge in [-0.15, -0.1) is 0 Å². The monoisotopic (exact) mass is 297 g/mol. The predicted molar refractivity (Wildman–Crippen MR) is 74.9 cm³/mol. The molecule has 0 aromatic heterocycles. The summed E-state index contributed by atoms with van der Waals surface area (Å²) < 4.78 is 1.02. The molecule has 0 atom stereocenters. The summed E-state index contributed by atoms with van der Waals surface area (Å²) in [7, 11) is 0. The van der Waals surface area contributed by atoms with Crippen molar-refractivity contribution in [1.82, 2.24) is 5.32 Å². The van der Waals surface area contributed by atoms with Gasteiger partial charge in [0.1, 0.15) is 0 Å². The number of amides is 1. The number of carbonyl (C=O) groups excluding carboxylic acids is 1. The molecule has 1 aromatic rings. The summed E-state index contributed by atoms with van der Waals surface area (Å²) in [6.07, 6.45) is 2.70. The largest absolute Gasteiger partial charge is 0.356 e. The first kappa shape index (κ1) is 14.2. The van der Waals surface area contributed by atoms with Crippen molar-refractivity contribution in [1.29, 1.82) is 0 Å². The second-order valence-corrected chi connectivity index (χ2v) is 5.21. The molecule has 1 aromatic carbocycles. The van der Waals surface area contributed by atoms with Gasteiger partial charge in [-0.05, 0) is 23.6 Å². The van der Waals surface area contributed by atoms with Gasteiger partial charge in [0.25, 0.3) is 0 Å². The summed E-state index contributed by atoms with van der Waals surface area (Å²) in [5.41, 5.74) is 1.04. The van der Waals surface area contributed by atoms with E-state index >= 15 is 0 Å². The highest BCUT2D eigenvalue weighted by atomic mass is 79.9. The number of nitrogens with one attached hydrogen (secondary N) is 1. The van der Waals surface area contributed by atoms with Gasteiger partial charge in [0.05, 0.1) is 6.42 Å². The van der Waals surface area contributed by atoms with Crippen LogP contribution in [0, 0.1) is 5.92 Å². The lowest BCUT2D eigenvalue weighted by Crippen LogP contribution is -2.30. The highest BCUT2D eigenvalue weighted by Crippen LogP contribution is 2.12. The van der Waals surface area contributed by atoms with Gasteiger partial charge >= 0.3 is 0 Å².